The molecular formula is C43H45N3. The number of benzene rings is 4. The Balaban J connectivity index is 0.000000181. The third-order valence-electron chi connectivity index (χ3n) is 8.88. The van der Waals surface area contributed by atoms with Gasteiger partial charge < -0.3 is 0 Å². The number of nitrogens with zero attached hydrogens (tertiary/aromatic N) is 3. The molecule has 0 aliphatic heterocycles. The van der Waals surface area contributed by atoms with Crippen molar-refractivity contribution in [1.29, 1.82) is 0 Å². The smallest absolute Gasteiger partial charge is 0.135 e. The van der Waals surface area contributed by atoms with E-state index in [-0.39, 0.29) is 5.92 Å². The molecule has 2 atom stereocenters. The third kappa shape index (κ3) is 7.49. The third-order valence-corrected chi connectivity index (χ3v) is 8.88. The van der Waals surface area contributed by atoms with E-state index < -0.39 is 0 Å². The molecule has 4 aromatic carbocycles. The molecule has 0 aliphatic carbocycles. The molecule has 3 heteroatoms. The van der Waals surface area contributed by atoms with Gasteiger partial charge in [-0.1, -0.05) is 124 Å². The van der Waals surface area contributed by atoms with Gasteiger partial charge in [0.15, 0.2) is 0 Å². The monoisotopic (exact) mass is 603 g/mol. The molecule has 3 nitrogen and oxygen atoms in total. The van der Waals surface area contributed by atoms with Gasteiger partial charge in [-0.25, -0.2) is 9.97 Å². The second kappa shape index (κ2) is 15.4. The fraction of sp³-hybridized carbons (Fsp3) is 0.233. The molecule has 46 heavy (non-hydrogen) atoms. The summed E-state index contributed by atoms with van der Waals surface area (Å²) in [7, 11) is 0. The lowest BCUT2D eigenvalue weighted by Gasteiger charge is -2.19. The average molecular weight is 604 g/mol. The van der Waals surface area contributed by atoms with Gasteiger partial charge in [-0.05, 0) is 95.7 Å². The minimum Gasteiger partial charge on any atom is -0.256 e. The Bertz CT molecular complexity index is 1860. The summed E-state index contributed by atoms with van der Waals surface area (Å²) in [6, 6.07) is 38.4. The van der Waals surface area contributed by atoms with Crippen LogP contribution in [-0.2, 0) is 0 Å². The maximum Gasteiger partial charge on any atom is 0.135 e. The second-order valence-corrected chi connectivity index (χ2v) is 12.1. The lowest BCUT2D eigenvalue weighted by atomic mass is 9.87. The predicted molar refractivity (Wildman–Crippen MR) is 194 cm³/mol. The van der Waals surface area contributed by atoms with Crippen LogP contribution < -0.4 is 0 Å². The average Bonchev–Trinajstić information content (AvgIpc) is 3.10. The maximum absolute atomic E-state index is 4.73. The number of aromatic nitrogens is 3. The summed E-state index contributed by atoms with van der Waals surface area (Å²) in [5, 5.41) is 0. The van der Waals surface area contributed by atoms with Gasteiger partial charge in [0.25, 0.3) is 0 Å². The van der Waals surface area contributed by atoms with Crippen LogP contribution in [0.5, 0.6) is 0 Å². The van der Waals surface area contributed by atoms with E-state index in [1.165, 1.54) is 44.5 Å². The first-order valence-electron chi connectivity index (χ1n) is 16.5. The SMILES string of the molecule is CCC(C)c1cnc(-c2ccccc2)cc1-c1ccccc1C.CCC(c1ncc(C)cn1)c1ccccc1-c1ccccc1C. The first-order chi connectivity index (χ1) is 22.4. The number of rotatable bonds is 8. The van der Waals surface area contributed by atoms with Crippen LogP contribution >= 0.6 is 0 Å². The van der Waals surface area contributed by atoms with Gasteiger partial charge in [-0.2, -0.15) is 0 Å². The molecule has 0 amide bonds. The molecule has 2 unspecified atom stereocenters. The van der Waals surface area contributed by atoms with Gasteiger partial charge in [-0.15, -0.1) is 0 Å². The van der Waals surface area contributed by atoms with Crippen molar-refractivity contribution < 1.29 is 0 Å². The molecule has 0 bridgehead atoms. The van der Waals surface area contributed by atoms with Crippen molar-refractivity contribution in [2.24, 2.45) is 0 Å². The number of hydrogen-bond acceptors (Lipinski definition) is 3. The largest absolute Gasteiger partial charge is 0.256 e. The summed E-state index contributed by atoms with van der Waals surface area (Å²) < 4.78 is 0. The zero-order valence-corrected chi connectivity index (χ0v) is 28.0. The Morgan fingerprint density at radius 1 is 0.522 bits per heavy atom. The van der Waals surface area contributed by atoms with Crippen molar-refractivity contribution in [1.82, 2.24) is 15.0 Å². The van der Waals surface area contributed by atoms with Crippen LogP contribution in [0.1, 0.15) is 79.1 Å². The van der Waals surface area contributed by atoms with E-state index in [2.05, 4.69) is 154 Å². The molecule has 6 aromatic rings. The van der Waals surface area contributed by atoms with Crippen LogP contribution in [0.15, 0.2) is 128 Å². The number of aryl methyl sites for hydroxylation is 3. The van der Waals surface area contributed by atoms with Crippen molar-refractivity contribution >= 4 is 0 Å². The van der Waals surface area contributed by atoms with Crippen LogP contribution in [0, 0.1) is 20.8 Å². The van der Waals surface area contributed by atoms with Crippen LogP contribution in [0.4, 0.5) is 0 Å². The maximum atomic E-state index is 4.73. The topological polar surface area (TPSA) is 38.7 Å². The lowest BCUT2D eigenvalue weighted by molar-refractivity contribution is 0.716. The quantitative estimate of drug-likeness (QED) is 0.174. The number of pyridine rings is 1. The van der Waals surface area contributed by atoms with Gasteiger partial charge in [0, 0.05) is 30.1 Å². The molecule has 6 rings (SSSR count). The molecule has 0 saturated carbocycles. The Kier molecular flexibility index (Phi) is 10.9. The molecule has 0 radical (unpaired) electrons. The van der Waals surface area contributed by atoms with Gasteiger partial charge in [0.05, 0.1) is 5.69 Å². The summed E-state index contributed by atoms with van der Waals surface area (Å²) >= 11 is 0. The van der Waals surface area contributed by atoms with Crippen molar-refractivity contribution in [3.63, 3.8) is 0 Å². The highest BCUT2D eigenvalue weighted by atomic mass is 14.9. The standard InChI is InChI=1S/C22H23N.C21H22N2/c1-4-16(2)21-15-23-22(18-11-6-5-7-12-18)14-20(21)19-13-9-8-10-17(19)3;1-4-17(21-22-13-15(2)14-23-21)19-11-7-8-12-20(19)18-10-6-5-9-16(18)3/h5-16H,4H2,1-3H3;5-14,17H,4H2,1-3H3. The summed E-state index contributed by atoms with van der Waals surface area (Å²) in [5.74, 6) is 1.62. The minimum atomic E-state index is 0.214. The molecule has 0 saturated heterocycles. The van der Waals surface area contributed by atoms with E-state index in [4.69, 9.17) is 4.98 Å². The van der Waals surface area contributed by atoms with Crippen LogP contribution in [0.3, 0.4) is 0 Å². The summed E-state index contributed by atoms with van der Waals surface area (Å²) in [4.78, 5) is 13.9. The molecule has 0 fully saturated rings. The van der Waals surface area contributed by atoms with Gasteiger partial charge in [0.1, 0.15) is 5.82 Å². The Labute approximate surface area is 275 Å². The van der Waals surface area contributed by atoms with Gasteiger partial charge >= 0.3 is 0 Å². The van der Waals surface area contributed by atoms with Crippen molar-refractivity contribution in [2.45, 2.75) is 66.2 Å². The van der Waals surface area contributed by atoms with Gasteiger partial charge in [0.2, 0.25) is 0 Å². The Morgan fingerprint density at radius 3 is 1.65 bits per heavy atom. The van der Waals surface area contributed by atoms with Crippen molar-refractivity contribution in [2.75, 3.05) is 0 Å². The molecule has 232 valence electrons. The van der Waals surface area contributed by atoms with Crippen LogP contribution in [-0.4, -0.2) is 15.0 Å². The zero-order chi connectivity index (χ0) is 32.5. The first-order valence-corrected chi connectivity index (χ1v) is 16.5. The summed E-state index contributed by atoms with van der Waals surface area (Å²) in [5.41, 5.74) is 13.7. The Morgan fingerprint density at radius 2 is 1.07 bits per heavy atom. The van der Waals surface area contributed by atoms with Crippen LogP contribution in [0.2, 0.25) is 0 Å². The highest BCUT2D eigenvalue weighted by Gasteiger charge is 2.19. The fourth-order valence-corrected chi connectivity index (χ4v) is 6.00. The molecule has 2 aromatic heterocycles. The molecule has 0 spiro atoms. The summed E-state index contributed by atoms with van der Waals surface area (Å²) in [6.45, 7) is 13.1. The normalized spacial score (nSPS) is 12.1. The van der Waals surface area contributed by atoms with E-state index in [1.54, 1.807) is 0 Å². The van der Waals surface area contributed by atoms with Crippen LogP contribution in [0.25, 0.3) is 33.5 Å². The van der Waals surface area contributed by atoms with E-state index in [9.17, 15) is 0 Å². The molecular weight excluding hydrogens is 558 g/mol. The molecule has 2 heterocycles. The zero-order valence-electron chi connectivity index (χ0n) is 28.0. The molecule has 0 aliphatic rings. The van der Waals surface area contributed by atoms with E-state index in [1.807, 2.05) is 25.4 Å². The highest BCUT2D eigenvalue weighted by Crippen LogP contribution is 2.36. The number of hydrogen-bond donors (Lipinski definition) is 0. The summed E-state index contributed by atoms with van der Waals surface area (Å²) in [6.07, 6.45) is 7.97. The van der Waals surface area contributed by atoms with E-state index in [0.29, 0.717) is 5.92 Å². The first kappa shape index (κ1) is 32.5. The van der Waals surface area contributed by atoms with E-state index >= 15 is 0 Å². The van der Waals surface area contributed by atoms with E-state index in [0.717, 1.165) is 35.5 Å². The second-order valence-electron chi connectivity index (χ2n) is 12.1. The fourth-order valence-electron chi connectivity index (χ4n) is 6.00. The lowest BCUT2D eigenvalue weighted by Crippen LogP contribution is -2.07. The highest BCUT2D eigenvalue weighted by molar-refractivity contribution is 5.75. The minimum absolute atomic E-state index is 0.214. The van der Waals surface area contributed by atoms with Crippen molar-refractivity contribution in [3.05, 3.63) is 161 Å². The van der Waals surface area contributed by atoms with Gasteiger partial charge in [-0.3, -0.25) is 4.98 Å². The van der Waals surface area contributed by atoms with Crippen molar-refractivity contribution in [3.8, 4) is 33.5 Å². The molecule has 0 N–H and O–H groups in total. The predicted octanol–water partition coefficient (Wildman–Crippen LogP) is 11.5. The Hall–Kier alpha value is -4.89.